The highest BCUT2D eigenvalue weighted by Gasteiger charge is 2.20. The molecule has 1 aliphatic rings. The normalized spacial score (nSPS) is 13.1. The average molecular weight is 370 g/mol. The van der Waals surface area contributed by atoms with Gasteiger partial charge in [0.1, 0.15) is 0 Å². The van der Waals surface area contributed by atoms with Gasteiger partial charge in [0.15, 0.2) is 0 Å². The molecule has 2 aromatic heterocycles. The number of halogens is 1. The van der Waals surface area contributed by atoms with E-state index in [0.717, 1.165) is 19.3 Å². The highest BCUT2D eigenvalue weighted by Crippen LogP contribution is 2.30. The number of nitrogens with one attached hydrogen (secondary N) is 1. The van der Waals surface area contributed by atoms with Gasteiger partial charge < -0.3 is 15.5 Å². The van der Waals surface area contributed by atoms with Crippen molar-refractivity contribution in [2.24, 2.45) is 0 Å². The first kappa shape index (κ1) is 18.3. The summed E-state index contributed by atoms with van der Waals surface area (Å²) in [5, 5.41) is 3.03. The van der Waals surface area contributed by atoms with Crippen molar-refractivity contribution >= 4 is 29.5 Å². The van der Waals surface area contributed by atoms with Gasteiger partial charge in [-0.1, -0.05) is 12.1 Å². The highest BCUT2D eigenvalue weighted by atomic mass is 35.5. The van der Waals surface area contributed by atoms with E-state index >= 15 is 0 Å². The van der Waals surface area contributed by atoms with Crippen LogP contribution in [-0.4, -0.2) is 16.9 Å². The maximum absolute atomic E-state index is 12.3. The number of rotatable bonds is 4. The molecule has 0 saturated heterocycles. The van der Waals surface area contributed by atoms with Gasteiger partial charge in [-0.3, -0.25) is 4.79 Å². The number of nitrogens with zero attached hydrogens (tertiary/aromatic N) is 1. The summed E-state index contributed by atoms with van der Waals surface area (Å²) < 4.78 is 2.34. The van der Waals surface area contributed by atoms with Gasteiger partial charge in [0, 0.05) is 35.2 Å². The van der Waals surface area contributed by atoms with E-state index in [1.54, 1.807) is 18.2 Å². The summed E-state index contributed by atoms with van der Waals surface area (Å²) in [5.41, 5.74) is 12.6. The first-order valence-electron chi connectivity index (χ1n) is 8.97. The lowest BCUT2D eigenvalue weighted by atomic mass is 9.93. The number of nitrogens with two attached hydrogens (primary N) is 1. The van der Waals surface area contributed by atoms with Gasteiger partial charge >= 0.3 is 0 Å². The van der Waals surface area contributed by atoms with Crippen LogP contribution in [0.1, 0.15) is 40.0 Å². The van der Waals surface area contributed by atoms with Crippen LogP contribution in [0.5, 0.6) is 0 Å². The van der Waals surface area contributed by atoms with Gasteiger partial charge in [-0.2, -0.15) is 0 Å². The summed E-state index contributed by atoms with van der Waals surface area (Å²) in [5.74, 6) is -0.0651. The lowest BCUT2D eigenvalue weighted by molar-refractivity contribution is 0.0954. The lowest BCUT2D eigenvalue weighted by Gasteiger charge is -2.13. The molecule has 0 atom stereocenters. The number of carbonyl (C=O) groups is 1. The van der Waals surface area contributed by atoms with Gasteiger partial charge in [-0.25, -0.2) is 0 Å². The Hall–Kier alpha value is -2.46. The van der Waals surface area contributed by atoms with Crippen molar-refractivity contribution in [3.8, 4) is 0 Å². The van der Waals surface area contributed by atoms with E-state index in [2.05, 4.69) is 34.1 Å². The standard InChI is InChI=1S/C21H23N3O.ClH/c22-16-7-5-6-15(14-16)21(25)23-12-11-18-17-8-1-2-9-19(17)24-13-4-3-10-20(18)24;/h3-7,10,13-14H,1-2,8-9,11-12,22H2,(H,23,25);1H. The van der Waals surface area contributed by atoms with Crippen LogP contribution in [0.15, 0.2) is 48.7 Å². The molecule has 5 heteroatoms. The van der Waals surface area contributed by atoms with E-state index in [-0.39, 0.29) is 18.3 Å². The van der Waals surface area contributed by atoms with Gasteiger partial charge in [0.2, 0.25) is 0 Å². The zero-order chi connectivity index (χ0) is 17.2. The second-order valence-electron chi connectivity index (χ2n) is 6.70. The molecule has 1 aliphatic carbocycles. The molecule has 0 saturated carbocycles. The number of nitrogen functional groups attached to an aromatic ring is 1. The van der Waals surface area contributed by atoms with Gasteiger partial charge in [0.05, 0.1) is 0 Å². The molecule has 4 nitrogen and oxygen atoms in total. The van der Waals surface area contributed by atoms with Crippen molar-refractivity contribution in [1.29, 1.82) is 0 Å². The fourth-order valence-electron chi connectivity index (χ4n) is 3.92. The Kier molecular flexibility index (Phi) is 5.52. The number of aryl methyl sites for hydroxylation is 1. The number of pyridine rings is 1. The van der Waals surface area contributed by atoms with Crippen LogP contribution in [0.3, 0.4) is 0 Å². The molecule has 0 unspecified atom stereocenters. The number of carbonyl (C=O) groups excluding carboxylic acids is 1. The van der Waals surface area contributed by atoms with Gasteiger partial charge in [-0.15, -0.1) is 12.4 Å². The van der Waals surface area contributed by atoms with Gasteiger partial charge in [0.25, 0.3) is 5.91 Å². The minimum Gasteiger partial charge on any atom is -0.399 e. The molecule has 2 heterocycles. The number of hydrogen-bond donors (Lipinski definition) is 2. The number of amides is 1. The molecule has 136 valence electrons. The number of fused-ring (bicyclic) bond motifs is 3. The van der Waals surface area contributed by atoms with Crippen LogP contribution in [0.4, 0.5) is 5.69 Å². The molecule has 1 aromatic carbocycles. The minimum atomic E-state index is -0.0651. The summed E-state index contributed by atoms with van der Waals surface area (Å²) in [7, 11) is 0. The SMILES string of the molecule is Cl.Nc1cccc(C(=O)NCCc2c3c(n4ccccc24)CCCC3)c1. The predicted octanol–water partition coefficient (Wildman–Crippen LogP) is 3.79. The summed E-state index contributed by atoms with van der Waals surface area (Å²) in [6, 6.07) is 13.5. The topological polar surface area (TPSA) is 59.5 Å². The van der Waals surface area contributed by atoms with Crippen LogP contribution in [0.25, 0.3) is 5.52 Å². The Labute approximate surface area is 159 Å². The van der Waals surface area contributed by atoms with Crippen molar-refractivity contribution in [1.82, 2.24) is 9.72 Å². The summed E-state index contributed by atoms with van der Waals surface area (Å²) >= 11 is 0. The molecule has 26 heavy (non-hydrogen) atoms. The largest absolute Gasteiger partial charge is 0.399 e. The number of aromatic nitrogens is 1. The van der Waals surface area contributed by atoms with Crippen LogP contribution >= 0.6 is 12.4 Å². The van der Waals surface area contributed by atoms with Crippen LogP contribution in [-0.2, 0) is 19.3 Å². The summed E-state index contributed by atoms with van der Waals surface area (Å²) in [6.45, 7) is 0.634. The monoisotopic (exact) mass is 369 g/mol. The number of hydrogen-bond acceptors (Lipinski definition) is 2. The third kappa shape index (κ3) is 3.42. The van der Waals surface area contributed by atoms with Crippen LogP contribution < -0.4 is 11.1 Å². The maximum Gasteiger partial charge on any atom is 0.251 e. The van der Waals surface area contributed by atoms with Crippen LogP contribution in [0, 0.1) is 0 Å². The fourth-order valence-corrected chi connectivity index (χ4v) is 3.92. The molecule has 4 rings (SSSR count). The molecular weight excluding hydrogens is 346 g/mol. The van der Waals surface area contributed by atoms with E-state index in [9.17, 15) is 4.79 Å². The summed E-state index contributed by atoms with van der Waals surface area (Å²) in [6.07, 6.45) is 7.84. The van der Waals surface area contributed by atoms with Gasteiger partial charge in [-0.05, 0) is 73.6 Å². The second-order valence-corrected chi connectivity index (χ2v) is 6.70. The van der Waals surface area contributed by atoms with E-state index in [4.69, 9.17) is 5.73 Å². The van der Waals surface area contributed by atoms with Crippen molar-refractivity contribution in [3.63, 3.8) is 0 Å². The van der Waals surface area contributed by atoms with E-state index in [1.807, 2.05) is 6.07 Å². The van der Waals surface area contributed by atoms with E-state index < -0.39 is 0 Å². The van der Waals surface area contributed by atoms with Crippen molar-refractivity contribution < 1.29 is 4.79 Å². The second kappa shape index (κ2) is 7.83. The average Bonchev–Trinajstić information content (AvgIpc) is 2.96. The molecular formula is C21H24ClN3O. The predicted molar refractivity (Wildman–Crippen MR) is 108 cm³/mol. The quantitative estimate of drug-likeness (QED) is 0.687. The molecule has 0 radical (unpaired) electrons. The molecule has 0 bridgehead atoms. The highest BCUT2D eigenvalue weighted by molar-refractivity contribution is 5.95. The first-order valence-corrected chi connectivity index (χ1v) is 8.97. The Balaban J connectivity index is 0.00000196. The molecule has 0 spiro atoms. The van der Waals surface area contributed by atoms with Crippen molar-refractivity contribution in [3.05, 3.63) is 71.0 Å². The molecule has 0 fully saturated rings. The number of anilines is 1. The third-order valence-corrected chi connectivity index (χ3v) is 5.07. The van der Waals surface area contributed by atoms with Crippen LogP contribution in [0.2, 0.25) is 0 Å². The lowest BCUT2D eigenvalue weighted by Crippen LogP contribution is -2.26. The van der Waals surface area contributed by atoms with Crippen molar-refractivity contribution in [2.45, 2.75) is 32.1 Å². The zero-order valence-electron chi connectivity index (χ0n) is 14.7. The van der Waals surface area contributed by atoms with E-state index in [0.29, 0.717) is 17.8 Å². The smallest absolute Gasteiger partial charge is 0.251 e. The van der Waals surface area contributed by atoms with Crippen molar-refractivity contribution in [2.75, 3.05) is 12.3 Å². The maximum atomic E-state index is 12.3. The summed E-state index contributed by atoms with van der Waals surface area (Å²) in [4.78, 5) is 12.3. The molecule has 0 aliphatic heterocycles. The van der Waals surface area contributed by atoms with E-state index in [1.165, 1.54) is 35.2 Å². The first-order chi connectivity index (χ1) is 12.2. The Morgan fingerprint density at radius 2 is 1.96 bits per heavy atom. The Morgan fingerprint density at radius 1 is 1.12 bits per heavy atom. The Morgan fingerprint density at radius 3 is 2.81 bits per heavy atom. The zero-order valence-corrected chi connectivity index (χ0v) is 15.5. The minimum absolute atomic E-state index is 0. The fraction of sp³-hybridized carbons (Fsp3) is 0.286. The number of benzene rings is 1. The third-order valence-electron chi connectivity index (χ3n) is 5.07. The molecule has 3 aromatic rings. The Bertz CT molecular complexity index is 932. The molecule has 3 N–H and O–H groups in total. The molecule has 1 amide bonds.